The monoisotopic (exact) mass is 306 g/mol. The molecule has 0 saturated heterocycles. The first kappa shape index (κ1) is 15.9. The van der Waals surface area contributed by atoms with Crippen LogP contribution in [0.3, 0.4) is 0 Å². The highest BCUT2D eigenvalue weighted by atomic mass is 32.1. The fraction of sp³-hybridized carbons (Fsp3) is 0.500. The van der Waals surface area contributed by atoms with Crippen LogP contribution in [0, 0.1) is 5.92 Å². The Bertz CT molecular complexity index is 499. The summed E-state index contributed by atoms with van der Waals surface area (Å²) in [7, 11) is 0. The molecule has 0 radical (unpaired) electrons. The highest BCUT2D eigenvalue weighted by molar-refractivity contribution is 7.80. The number of carbonyl (C=O) groups is 1. The summed E-state index contributed by atoms with van der Waals surface area (Å²) >= 11 is 4.97. The molecule has 0 aromatic heterocycles. The van der Waals surface area contributed by atoms with E-state index in [4.69, 9.17) is 22.7 Å². The third-order valence-electron chi connectivity index (χ3n) is 3.78. The van der Waals surface area contributed by atoms with E-state index in [2.05, 4.69) is 5.32 Å². The van der Waals surface area contributed by atoms with E-state index >= 15 is 0 Å². The number of ether oxygens (including phenoxy) is 1. The molecule has 3 N–H and O–H groups in total. The predicted molar refractivity (Wildman–Crippen MR) is 88.4 cm³/mol. The van der Waals surface area contributed by atoms with E-state index in [0.29, 0.717) is 23.8 Å². The fourth-order valence-electron chi connectivity index (χ4n) is 2.67. The normalized spacial score (nSPS) is 15.6. The van der Waals surface area contributed by atoms with Crippen LogP contribution in [0.1, 0.15) is 37.7 Å². The van der Waals surface area contributed by atoms with Crippen LogP contribution < -0.4 is 11.1 Å². The van der Waals surface area contributed by atoms with Crippen LogP contribution in [0.15, 0.2) is 24.3 Å². The van der Waals surface area contributed by atoms with Crippen molar-refractivity contribution in [2.75, 3.05) is 18.5 Å². The van der Waals surface area contributed by atoms with Crippen LogP contribution in [-0.4, -0.2) is 24.1 Å². The van der Waals surface area contributed by atoms with Crippen LogP contribution >= 0.6 is 12.2 Å². The lowest BCUT2D eigenvalue weighted by molar-refractivity contribution is -0.121. The van der Waals surface area contributed by atoms with Crippen LogP contribution in [0.4, 0.5) is 5.69 Å². The van der Waals surface area contributed by atoms with Gasteiger partial charge in [0.05, 0.1) is 12.3 Å². The van der Waals surface area contributed by atoms with E-state index in [1.54, 1.807) is 12.1 Å². The molecule has 1 aliphatic carbocycles. The van der Waals surface area contributed by atoms with Gasteiger partial charge in [0, 0.05) is 5.56 Å². The Labute approximate surface area is 131 Å². The van der Waals surface area contributed by atoms with E-state index in [-0.39, 0.29) is 17.5 Å². The SMILES string of the molecule is NC(=S)c1ccccc1NC(=O)COCC1CCCCC1. The summed E-state index contributed by atoms with van der Waals surface area (Å²) in [5.41, 5.74) is 6.95. The van der Waals surface area contributed by atoms with E-state index in [0.717, 1.165) is 0 Å². The first-order valence-electron chi connectivity index (χ1n) is 7.43. The smallest absolute Gasteiger partial charge is 0.250 e. The zero-order valence-corrected chi connectivity index (χ0v) is 13.0. The van der Waals surface area contributed by atoms with E-state index in [9.17, 15) is 4.79 Å². The minimum Gasteiger partial charge on any atom is -0.389 e. The maximum atomic E-state index is 11.9. The number of hydrogen-bond donors (Lipinski definition) is 2. The van der Waals surface area contributed by atoms with Crippen molar-refractivity contribution in [3.63, 3.8) is 0 Å². The summed E-state index contributed by atoms with van der Waals surface area (Å²) in [5, 5.41) is 2.80. The molecule has 114 valence electrons. The van der Waals surface area contributed by atoms with Crippen LogP contribution in [0.25, 0.3) is 0 Å². The summed E-state index contributed by atoms with van der Waals surface area (Å²) in [4.78, 5) is 12.2. The minimum absolute atomic E-state index is 0.0716. The lowest BCUT2D eigenvalue weighted by Crippen LogP contribution is -2.23. The number of anilines is 1. The van der Waals surface area contributed by atoms with Crippen molar-refractivity contribution in [2.45, 2.75) is 32.1 Å². The Morgan fingerprint density at radius 3 is 2.71 bits per heavy atom. The highest BCUT2D eigenvalue weighted by Crippen LogP contribution is 2.23. The Morgan fingerprint density at radius 1 is 1.29 bits per heavy atom. The van der Waals surface area contributed by atoms with E-state index in [1.807, 2.05) is 12.1 Å². The second kappa shape index (κ2) is 8.10. The number of para-hydroxylation sites is 1. The summed E-state index contributed by atoms with van der Waals surface area (Å²) in [6.45, 7) is 0.743. The highest BCUT2D eigenvalue weighted by Gasteiger charge is 2.14. The van der Waals surface area contributed by atoms with Gasteiger partial charge < -0.3 is 15.8 Å². The first-order valence-corrected chi connectivity index (χ1v) is 7.84. The molecule has 21 heavy (non-hydrogen) atoms. The van der Waals surface area contributed by atoms with Gasteiger partial charge in [-0.25, -0.2) is 0 Å². The number of carbonyl (C=O) groups excluding carboxylic acids is 1. The molecule has 0 aliphatic heterocycles. The average molecular weight is 306 g/mol. The average Bonchev–Trinajstić information content (AvgIpc) is 2.48. The van der Waals surface area contributed by atoms with Crippen molar-refractivity contribution in [1.82, 2.24) is 0 Å². The Hall–Kier alpha value is -1.46. The number of benzene rings is 1. The van der Waals surface area contributed by atoms with E-state index < -0.39 is 0 Å². The van der Waals surface area contributed by atoms with Crippen molar-refractivity contribution in [3.05, 3.63) is 29.8 Å². The molecule has 1 saturated carbocycles. The molecule has 0 bridgehead atoms. The van der Waals surface area contributed by atoms with Gasteiger partial charge in [0.15, 0.2) is 0 Å². The van der Waals surface area contributed by atoms with Crippen LogP contribution in [0.2, 0.25) is 0 Å². The molecular formula is C16H22N2O2S. The molecule has 1 aromatic rings. The maximum Gasteiger partial charge on any atom is 0.250 e. The van der Waals surface area contributed by atoms with Crippen molar-refractivity contribution < 1.29 is 9.53 Å². The van der Waals surface area contributed by atoms with Gasteiger partial charge >= 0.3 is 0 Å². The van der Waals surface area contributed by atoms with Crippen LogP contribution in [-0.2, 0) is 9.53 Å². The Kier molecular flexibility index (Phi) is 6.14. The van der Waals surface area contributed by atoms with Gasteiger partial charge in [-0.1, -0.05) is 43.6 Å². The molecule has 1 fully saturated rings. The second-order valence-corrected chi connectivity index (χ2v) is 5.92. The third kappa shape index (κ3) is 5.10. The molecule has 0 heterocycles. The molecule has 4 nitrogen and oxygen atoms in total. The molecule has 1 aromatic carbocycles. The number of nitrogens with one attached hydrogen (secondary N) is 1. The zero-order valence-electron chi connectivity index (χ0n) is 12.1. The summed E-state index contributed by atoms with van der Waals surface area (Å²) in [5.74, 6) is 0.435. The van der Waals surface area contributed by atoms with Gasteiger partial charge in [-0.15, -0.1) is 0 Å². The number of nitrogens with two attached hydrogens (primary N) is 1. The number of thiocarbonyl (C=S) groups is 1. The molecular weight excluding hydrogens is 284 g/mol. The topological polar surface area (TPSA) is 64.3 Å². The molecule has 0 unspecified atom stereocenters. The first-order chi connectivity index (χ1) is 10.2. The molecule has 0 atom stereocenters. The lowest BCUT2D eigenvalue weighted by Gasteiger charge is -2.21. The maximum absolute atomic E-state index is 11.9. The molecule has 1 aliphatic rings. The predicted octanol–water partition coefficient (Wildman–Crippen LogP) is 2.86. The van der Waals surface area contributed by atoms with E-state index in [1.165, 1.54) is 32.1 Å². The Balaban J connectivity index is 1.78. The quantitative estimate of drug-likeness (QED) is 0.793. The second-order valence-electron chi connectivity index (χ2n) is 5.48. The van der Waals surface area contributed by atoms with Crippen LogP contribution in [0.5, 0.6) is 0 Å². The summed E-state index contributed by atoms with van der Waals surface area (Å²) in [6, 6.07) is 7.25. The fourth-order valence-corrected chi connectivity index (χ4v) is 2.84. The van der Waals surface area contributed by atoms with Gasteiger partial charge in [0.2, 0.25) is 5.91 Å². The minimum atomic E-state index is -0.172. The van der Waals surface area contributed by atoms with Gasteiger partial charge in [-0.05, 0) is 30.9 Å². The molecule has 1 amide bonds. The zero-order chi connectivity index (χ0) is 15.1. The van der Waals surface area contributed by atoms with Gasteiger partial charge in [0.25, 0.3) is 0 Å². The van der Waals surface area contributed by atoms with Gasteiger partial charge in [-0.2, -0.15) is 0 Å². The third-order valence-corrected chi connectivity index (χ3v) is 4.00. The largest absolute Gasteiger partial charge is 0.389 e. The number of rotatable bonds is 6. The van der Waals surface area contributed by atoms with Gasteiger partial charge in [-0.3, -0.25) is 4.79 Å². The van der Waals surface area contributed by atoms with Gasteiger partial charge in [0.1, 0.15) is 11.6 Å². The summed E-state index contributed by atoms with van der Waals surface area (Å²) in [6.07, 6.45) is 6.31. The van der Waals surface area contributed by atoms with Crippen molar-refractivity contribution in [2.24, 2.45) is 11.7 Å². The molecule has 2 rings (SSSR count). The lowest BCUT2D eigenvalue weighted by atomic mass is 9.90. The number of hydrogen-bond acceptors (Lipinski definition) is 3. The molecule has 5 heteroatoms. The number of amides is 1. The van der Waals surface area contributed by atoms with Crippen molar-refractivity contribution in [1.29, 1.82) is 0 Å². The summed E-state index contributed by atoms with van der Waals surface area (Å²) < 4.78 is 5.53. The standard InChI is InChI=1S/C16H22N2O2S/c17-16(21)13-8-4-5-9-14(13)18-15(19)11-20-10-12-6-2-1-3-7-12/h4-5,8-9,12H,1-3,6-7,10-11H2,(H2,17,21)(H,18,19). The molecule has 0 spiro atoms. The Morgan fingerprint density at radius 2 is 2.00 bits per heavy atom. The van der Waals surface area contributed by atoms with Crippen molar-refractivity contribution >= 4 is 28.8 Å². The van der Waals surface area contributed by atoms with Crippen molar-refractivity contribution in [3.8, 4) is 0 Å².